The summed E-state index contributed by atoms with van der Waals surface area (Å²) in [4.78, 5) is 14.5. The van der Waals surface area contributed by atoms with Gasteiger partial charge < -0.3 is 10.0 Å². The minimum Gasteiger partial charge on any atom is -0.395 e. The molecule has 0 bridgehead atoms. The van der Waals surface area contributed by atoms with E-state index in [1.807, 2.05) is 24.3 Å². The Bertz CT molecular complexity index is 753. The summed E-state index contributed by atoms with van der Waals surface area (Å²) < 4.78 is 12.9. The Morgan fingerprint density at radius 3 is 2.30 bits per heavy atom. The number of halogens is 2. The molecule has 144 valence electrons. The van der Waals surface area contributed by atoms with Crippen LogP contribution in [0.4, 0.5) is 4.39 Å². The topological polar surface area (TPSA) is 40.5 Å². The molecule has 1 N–H and O–H groups in total. The van der Waals surface area contributed by atoms with Gasteiger partial charge in [0.1, 0.15) is 5.82 Å². The van der Waals surface area contributed by atoms with Gasteiger partial charge in [-0.3, -0.25) is 4.79 Å². The van der Waals surface area contributed by atoms with Gasteiger partial charge in [-0.1, -0.05) is 23.7 Å². The standard InChI is InChI=1S/C22H25ClFNO2/c23-19-7-5-18(6-8-19)22(16-26)11-14-25(15-12-22)13-1-2-21(27)17-3-9-20(24)10-4-17/h3-10,26H,1-2,11-16H2. The Morgan fingerprint density at radius 2 is 1.70 bits per heavy atom. The number of likely N-dealkylation sites (tertiary alicyclic amines) is 1. The zero-order chi connectivity index (χ0) is 19.3. The fourth-order valence-corrected chi connectivity index (χ4v) is 3.92. The summed E-state index contributed by atoms with van der Waals surface area (Å²) >= 11 is 5.98. The SMILES string of the molecule is O=C(CCCN1CCC(CO)(c2ccc(Cl)cc2)CC1)c1ccc(F)cc1. The zero-order valence-electron chi connectivity index (χ0n) is 15.3. The molecule has 2 aromatic rings. The molecule has 3 rings (SSSR count). The highest BCUT2D eigenvalue weighted by Gasteiger charge is 2.35. The number of hydrogen-bond donors (Lipinski definition) is 1. The fraction of sp³-hybridized carbons (Fsp3) is 0.409. The lowest BCUT2D eigenvalue weighted by molar-refractivity contribution is 0.0927. The van der Waals surface area contributed by atoms with Gasteiger partial charge in [-0.05, 0) is 80.9 Å². The second-order valence-corrected chi connectivity index (χ2v) is 7.76. The summed E-state index contributed by atoms with van der Waals surface area (Å²) in [6.07, 6.45) is 3.02. The number of piperidine rings is 1. The molecule has 27 heavy (non-hydrogen) atoms. The molecule has 1 fully saturated rings. The molecule has 0 aromatic heterocycles. The lowest BCUT2D eigenvalue weighted by Crippen LogP contribution is -2.45. The molecule has 5 heteroatoms. The number of nitrogens with zero attached hydrogens (tertiary/aromatic N) is 1. The van der Waals surface area contributed by atoms with E-state index in [1.165, 1.54) is 12.1 Å². The highest BCUT2D eigenvalue weighted by atomic mass is 35.5. The average molecular weight is 390 g/mol. The van der Waals surface area contributed by atoms with Crippen molar-refractivity contribution < 1.29 is 14.3 Å². The number of hydrogen-bond acceptors (Lipinski definition) is 3. The zero-order valence-corrected chi connectivity index (χ0v) is 16.1. The van der Waals surface area contributed by atoms with Gasteiger partial charge in [0.25, 0.3) is 0 Å². The molecule has 1 saturated heterocycles. The van der Waals surface area contributed by atoms with E-state index in [-0.39, 0.29) is 23.6 Å². The lowest BCUT2D eigenvalue weighted by Gasteiger charge is -2.41. The smallest absolute Gasteiger partial charge is 0.162 e. The summed E-state index contributed by atoms with van der Waals surface area (Å²) in [5.74, 6) is -0.272. The maximum Gasteiger partial charge on any atom is 0.162 e. The average Bonchev–Trinajstić information content (AvgIpc) is 2.70. The highest BCUT2D eigenvalue weighted by molar-refractivity contribution is 6.30. The number of aliphatic hydroxyl groups excluding tert-OH is 1. The number of benzene rings is 2. The summed E-state index contributed by atoms with van der Waals surface area (Å²) in [5.41, 5.74) is 1.50. The van der Waals surface area contributed by atoms with Crippen molar-refractivity contribution in [3.63, 3.8) is 0 Å². The third-order valence-electron chi connectivity index (χ3n) is 5.62. The predicted octanol–water partition coefficient (Wildman–Crippen LogP) is 4.47. The van der Waals surface area contributed by atoms with Crippen LogP contribution >= 0.6 is 11.6 Å². The molecule has 1 heterocycles. The lowest BCUT2D eigenvalue weighted by atomic mass is 9.73. The van der Waals surface area contributed by atoms with Crippen molar-refractivity contribution in [3.05, 3.63) is 70.5 Å². The van der Waals surface area contributed by atoms with Crippen LogP contribution < -0.4 is 0 Å². The van der Waals surface area contributed by atoms with E-state index in [2.05, 4.69) is 4.90 Å². The first-order chi connectivity index (χ1) is 13.0. The third kappa shape index (κ3) is 4.95. The second-order valence-electron chi connectivity index (χ2n) is 7.32. The second kappa shape index (κ2) is 8.96. The van der Waals surface area contributed by atoms with Gasteiger partial charge in [0, 0.05) is 22.4 Å². The molecule has 1 aliphatic rings. The van der Waals surface area contributed by atoms with Crippen molar-refractivity contribution >= 4 is 17.4 Å². The Morgan fingerprint density at radius 1 is 1.07 bits per heavy atom. The maximum absolute atomic E-state index is 12.9. The van der Waals surface area contributed by atoms with Crippen LogP contribution in [0, 0.1) is 5.82 Å². The molecule has 0 aliphatic carbocycles. The van der Waals surface area contributed by atoms with Crippen LogP contribution in [0.3, 0.4) is 0 Å². The summed E-state index contributed by atoms with van der Waals surface area (Å²) in [7, 11) is 0. The quantitative estimate of drug-likeness (QED) is 0.710. The van der Waals surface area contributed by atoms with Crippen molar-refractivity contribution in [2.75, 3.05) is 26.2 Å². The minimum atomic E-state index is -0.326. The van der Waals surface area contributed by atoms with E-state index in [0.717, 1.165) is 44.5 Å². The van der Waals surface area contributed by atoms with Crippen LogP contribution in [0.25, 0.3) is 0 Å². The Hall–Kier alpha value is -1.75. The third-order valence-corrected chi connectivity index (χ3v) is 5.87. The van der Waals surface area contributed by atoms with Crippen molar-refractivity contribution in [2.45, 2.75) is 31.1 Å². The van der Waals surface area contributed by atoms with Crippen LogP contribution in [0.15, 0.2) is 48.5 Å². The maximum atomic E-state index is 12.9. The van der Waals surface area contributed by atoms with Crippen molar-refractivity contribution in [1.29, 1.82) is 0 Å². The molecule has 0 spiro atoms. The van der Waals surface area contributed by atoms with Crippen molar-refractivity contribution in [2.24, 2.45) is 0 Å². The molecular formula is C22H25ClFNO2. The summed E-state index contributed by atoms with van der Waals surface area (Å²) in [6, 6.07) is 13.5. The first-order valence-electron chi connectivity index (χ1n) is 9.40. The van der Waals surface area contributed by atoms with Crippen LogP contribution in [0.2, 0.25) is 5.02 Å². The van der Waals surface area contributed by atoms with Crippen LogP contribution in [0.5, 0.6) is 0 Å². The van der Waals surface area contributed by atoms with Crippen LogP contribution in [0.1, 0.15) is 41.6 Å². The molecule has 3 nitrogen and oxygen atoms in total. The van der Waals surface area contributed by atoms with Gasteiger partial charge in [-0.2, -0.15) is 0 Å². The van der Waals surface area contributed by atoms with Gasteiger partial charge in [-0.15, -0.1) is 0 Å². The number of aliphatic hydroxyl groups is 1. The number of rotatable bonds is 7. The summed E-state index contributed by atoms with van der Waals surface area (Å²) in [5, 5.41) is 10.7. The molecule has 2 aromatic carbocycles. The van der Waals surface area contributed by atoms with E-state index in [9.17, 15) is 14.3 Å². The number of ketones is 1. The normalized spacial score (nSPS) is 17.0. The fourth-order valence-electron chi connectivity index (χ4n) is 3.79. The number of carbonyl (C=O) groups is 1. The van der Waals surface area contributed by atoms with Gasteiger partial charge in [0.05, 0.1) is 6.61 Å². The van der Waals surface area contributed by atoms with E-state index in [4.69, 9.17) is 11.6 Å². The van der Waals surface area contributed by atoms with E-state index >= 15 is 0 Å². The van der Waals surface area contributed by atoms with E-state index in [1.54, 1.807) is 12.1 Å². The van der Waals surface area contributed by atoms with E-state index < -0.39 is 0 Å². The van der Waals surface area contributed by atoms with Gasteiger partial charge in [0.2, 0.25) is 0 Å². The monoisotopic (exact) mass is 389 g/mol. The molecule has 0 radical (unpaired) electrons. The molecule has 0 atom stereocenters. The first kappa shape index (κ1) is 20.0. The Balaban J connectivity index is 1.48. The summed E-state index contributed by atoms with van der Waals surface area (Å²) in [6.45, 7) is 2.78. The Labute approximate surface area is 164 Å². The van der Waals surface area contributed by atoms with Crippen LogP contribution in [-0.4, -0.2) is 42.0 Å². The van der Waals surface area contributed by atoms with E-state index in [0.29, 0.717) is 17.0 Å². The predicted molar refractivity (Wildman–Crippen MR) is 106 cm³/mol. The molecule has 0 saturated carbocycles. The molecule has 0 amide bonds. The van der Waals surface area contributed by atoms with Gasteiger partial charge in [-0.25, -0.2) is 4.39 Å². The number of carbonyl (C=O) groups excluding carboxylic acids is 1. The number of Topliss-reactive ketones (excluding diaryl/α,β-unsaturated/α-hetero) is 1. The van der Waals surface area contributed by atoms with Gasteiger partial charge >= 0.3 is 0 Å². The van der Waals surface area contributed by atoms with Crippen molar-refractivity contribution in [1.82, 2.24) is 4.90 Å². The first-order valence-corrected chi connectivity index (χ1v) is 9.78. The van der Waals surface area contributed by atoms with Gasteiger partial charge in [0.15, 0.2) is 5.78 Å². The molecular weight excluding hydrogens is 365 g/mol. The molecule has 0 unspecified atom stereocenters. The largest absolute Gasteiger partial charge is 0.395 e. The highest BCUT2D eigenvalue weighted by Crippen LogP contribution is 2.35. The van der Waals surface area contributed by atoms with Crippen molar-refractivity contribution in [3.8, 4) is 0 Å². The van der Waals surface area contributed by atoms with Crippen LogP contribution in [-0.2, 0) is 5.41 Å². The molecule has 1 aliphatic heterocycles. The Kier molecular flexibility index (Phi) is 6.64. The minimum absolute atomic E-state index is 0.0536.